The maximum absolute atomic E-state index is 6.66. The number of hydrogen-bond acceptors (Lipinski definition) is 0. The van der Waals surface area contributed by atoms with Crippen molar-refractivity contribution in [2.75, 3.05) is 0 Å². The minimum absolute atomic E-state index is 0. The van der Waals surface area contributed by atoms with Gasteiger partial charge in [-0.15, -0.1) is 6.07 Å². The molecule has 0 amide bonds. The van der Waals surface area contributed by atoms with Gasteiger partial charge in [0.25, 0.3) is 0 Å². The third-order valence-electron chi connectivity index (χ3n) is 0.844. The standard InChI is InChI=1S/C8H4.Y/c1-2-8-6-4-3-5-7-8;/h3-6H;/q-2;. The summed E-state index contributed by atoms with van der Waals surface area (Å²) in [5.41, 5.74) is 0.701. The van der Waals surface area contributed by atoms with Crippen LogP contribution in [0.2, 0.25) is 0 Å². The van der Waals surface area contributed by atoms with Crippen LogP contribution in [-0.4, -0.2) is 0 Å². The average molecular weight is 189 g/mol. The Labute approximate surface area is 80.5 Å². The first-order valence-corrected chi connectivity index (χ1v) is 2.33. The van der Waals surface area contributed by atoms with Crippen molar-refractivity contribution in [1.82, 2.24) is 0 Å². The van der Waals surface area contributed by atoms with Crippen molar-refractivity contribution in [2.45, 2.75) is 0 Å². The maximum Gasteiger partial charge on any atom is 0 e. The number of rotatable bonds is 0. The molecule has 0 bridgehead atoms. The summed E-state index contributed by atoms with van der Waals surface area (Å²) in [6.07, 6.45) is 6.66. The molecule has 9 heavy (non-hydrogen) atoms. The van der Waals surface area contributed by atoms with Gasteiger partial charge in [-0.25, -0.2) is 12.1 Å². The molecule has 1 heteroatoms. The predicted molar refractivity (Wildman–Crippen MR) is 31.5 cm³/mol. The van der Waals surface area contributed by atoms with E-state index in [4.69, 9.17) is 6.42 Å². The Morgan fingerprint density at radius 2 is 2.22 bits per heavy atom. The molecule has 0 aromatic heterocycles. The van der Waals surface area contributed by atoms with Crippen molar-refractivity contribution < 1.29 is 32.7 Å². The van der Waals surface area contributed by atoms with Crippen LogP contribution in [0.15, 0.2) is 24.3 Å². The molecular weight excluding hydrogens is 185 g/mol. The van der Waals surface area contributed by atoms with Gasteiger partial charge in [-0.05, 0) is 0 Å². The third kappa shape index (κ3) is 2.79. The van der Waals surface area contributed by atoms with Crippen molar-refractivity contribution in [1.29, 1.82) is 0 Å². The van der Waals surface area contributed by atoms with Gasteiger partial charge in [0, 0.05) is 32.7 Å². The first kappa shape index (κ1) is 8.88. The zero-order chi connectivity index (χ0) is 5.82. The van der Waals surface area contributed by atoms with E-state index in [1.165, 1.54) is 0 Å². The molecule has 0 nitrogen and oxygen atoms in total. The van der Waals surface area contributed by atoms with Gasteiger partial charge < -0.3 is 12.3 Å². The van der Waals surface area contributed by atoms with Crippen molar-refractivity contribution in [3.8, 4) is 5.92 Å². The fourth-order valence-electron chi connectivity index (χ4n) is 0.471. The SMILES string of the molecule is [C-]#Cc1[c-]cccc1.[Y]. The Bertz CT molecular complexity index is 196. The van der Waals surface area contributed by atoms with E-state index in [9.17, 15) is 0 Å². The van der Waals surface area contributed by atoms with E-state index in [-0.39, 0.29) is 32.7 Å². The fraction of sp³-hybridized carbons (Fsp3) is 0. The van der Waals surface area contributed by atoms with Crippen LogP contribution in [0.1, 0.15) is 5.56 Å². The van der Waals surface area contributed by atoms with Gasteiger partial charge >= 0.3 is 0 Å². The van der Waals surface area contributed by atoms with Crippen molar-refractivity contribution >= 4 is 0 Å². The van der Waals surface area contributed by atoms with Crippen LogP contribution in [0.4, 0.5) is 0 Å². The van der Waals surface area contributed by atoms with Gasteiger partial charge in [-0.3, -0.25) is 5.56 Å². The monoisotopic (exact) mass is 189 g/mol. The van der Waals surface area contributed by atoms with Crippen LogP contribution in [0.5, 0.6) is 0 Å². The van der Waals surface area contributed by atoms with Crippen LogP contribution in [-0.2, 0) is 32.7 Å². The van der Waals surface area contributed by atoms with Crippen molar-refractivity contribution in [2.24, 2.45) is 0 Å². The van der Waals surface area contributed by atoms with E-state index in [1.807, 2.05) is 12.1 Å². The third-order valence-corrected chi connectivity index (χ3v) is 0.844. The molecule has 0 aliphatic heterocycles. The molecule has 0 aliphatic rings. The van der Waals surface area contributed by atoms with Crippen molar-refractivity contribution in [3.05, 3.63) is 42.3 Å². The van der Waals surface area contributed by atoms with E-state index in [0.717, 1.165) is 0 Å². The Morgan fingerprint density at radius 1 is 1.44 bits per heavy atom. The van der Waals surface area contributed by atoms with E-state index in [0.29, 0.717) is 5.56 Å². The first-order chi connectivity index (χ1) is 3.93. The summed E-state index contributed by atoms with van der Waals surface area (Å²) in [4.78, 5) is 0. The molecule has 0 spiro atoms. The van der Waals surface area contributed by atoms with Gasteiger partial charge in [0.2, 0.25) is 0 Å². The normalized spacial score (nSPS) is 7.00. The molecular formula is C8H4Y-2. The summed E-state index contributed by atoms with van der Waals surface area (Å²) in [6.45, 7) is 0. The topological polar surface area (TPSA) is 0 Å². The van der Waals surface area contributed by atoms with Gasteiger partial charge in [-0.1, -0.05) is 0 Å². The minimum Gasteiger partial charge on any atom is -0.437 e. The Balaban J connectivity index is 0.000000640. The molecule has 0 aliphatic carbocycles. The molecule has 1 radical (unpaired) electrons. The van der Waals surface area contributed by atoms with Crippen LogP contribution >= 0.6 is 0 Å². The molecule has 0 N–H and O–H groups in total. The first-order valence-electron chi connectivity index (χ1n) is 2.33. The Morgan fingerprint density at radius 3 is 2.56 bits per heavy atom. The Hall–Kier alpha value is -0.116. The van der Waals surface area contributed by atoms with Crippen molar-refractivity contribution in [3.63, 3.8) is 0 Å². The van der Waals surface area contributed by atoms with E-state index in [1.54, 1.807) is 12.1 Å². The minimum atomic E-state index is 0. The predicted octanol–water partition coefficient (Wildman–Crippen LogP) is 1.42. The maximum atomic E-state index is 6.66. The largest absolute Gasteiger partial charge is 0.437 e. The van der Waals surface area contributed by atoms with Crippen LogP contribution in [0.25, 0.3) is 0 Å². The van der Waals surface area contributed by atoms with Gasteiger partial charge in [0.1, 0.15) is 0 Å². The summed E-state index contributed by atoms with van der Waals surface area (Å²) in [5.74, 6) is 2.22. The number of benzene rings is 1. The average Bonchev–Trinajstić information content (AvgIpc) is 1.90. The molecule has 41 valence electrons. The number of hydrogen-bond donors (Lipinski definition) is 0. The zero-order valence-corrected chi connectivity index (χ0v) is 7.73. The molecule has 1 aromatic carbocycles. The second-order valence-electron chi connectivity index (χ2n) is 1.40. The van der Waals surface area contributed by atoms with Gasteiger partial charge in [0.15, 0.2) is 0 Å². The van der Waals surface area contributed by atoms with Crippen LogP contribution in [0.3, 0.4) is 0 Å². The molecule has 0 unspecified atom stereocenters. The molecule has 0 heterocycles. The molecule has 1 rings (SSSR count). The van der Waals surface area contributed by atoms with Gasteiger partial charge in [0.05, 0.1) is 0 Å². The van der Waals surface area contributed by atoms with E-state index >= 15 is 0 Å². The molecule has 1 aromatic rings. The summed E-state index contributed by atoms with van der Waals surface area (Å²) in [5, 5.41) is 0. The summed E-state index contributed by atoms with van der Waals surface area (Å²) >= 11 is 0. The molecule has 0 saturated carbocycles. The second kappa shape index (κ2) is 4.73. The quantitative estimate of drug-likeness (QED) is 0.427. The Kier molecular flexibility index (Phi) is 4.67. The smallest absolute Gasteiger partial charge is 0 e. The van der Waals surface area contributed by atoms with Crippen LogP contribution < -0.4 is 0 Å². The molecule has 0 saturated heterocycles. The zero-order valence-electron chi connectivity index (χ0n) is 4.89. The van der Waals surface area contributed by atoms with E-state index < -0.39 is 0 Å². The van der Waals surface area contributed by atoms with Gasteiger partial charge in [-0.2, -0.15) is 12.1 Å². The molecule has 0 atom stereocenters. The molecule has 0 fully saturated rings. The summed E-state index contributed by atoms with van der Waals surface area (Å²) in [7, 11) is 0. The second-order valence-corrected chi connectivity index (χ2v) is 1.40. The summed E-state index contributed by atoms with van der Waals surface area (Å²) in [6, 6.07) is 10.1. The fourth-order valence-corrected chi connectivity index (χ4v) is 0.471. The van der Waals surface area contributed by atoms with E-state index in [2.05, 4.69) is 12.0 Å². The van der Waals surface area contributed by atoms with Crippen LogP contribution in [0, 0.1) is 18.4 Å². The summed E-state index contributed by atoms with van der Waals surface area (Å²) < 4.78 is 0.